The molecule has 0 N–H and O–H groups in total. The minimum absolute atomic E-state index is 0.0236. The van der Waals surface area contributed by atoms with Gasteiger partial charge in [0.25, 0.3) is 0 Å². The highest BCUT2D eigenvalue weighted by Gasteiger charge is 2.42. The summed E-state index contributed by atoms with van der Waals surface area (Å²) in [6.07, 6.45) is 2.81. The van der Waals surface area contributed by atoms with E-state index in [-0.39, 0.29) is 30.6 Å². The molecule has 6 rings (SSSR count). The quantitative estimate of drug-likeness (QED) is 0.352. The van der Waals surface area contributed by atoms with Gasteiger partial charge in [0, 0.05) is 47.9 Å². The number of hydrogen-bond acceptors (Lipinski definition) is 4. The van der Waals surface area contributed by atoms with Crippen molar-refractivity contribution in [2.75, 3.05) is 19.7 Å². The van der Waals surface area contributed by atoms with Gasteiger partial charge < -0.3 is 14.2 Å². The Hall–Kier alpha value is -3.19. The second kappa shape index (κ2) is 9.46. The summed E-state index contributed by atoms with van der Waals surface area (Å²) in [5.41, 5.74) is 4.21. The second-order valence-electron chi connectivity index (χ2n) is 9.22. The lowest BCUT2D eigenvalue weighted by molar-refractivity contribution is -0.140. The highest BCUT2D eigenvalue weighted by molar-refractivity contribution is 9.10. The molecule has 0 radical (unpaired) electrons. The molecule has 6 nitrogen and oxygen atoms in total. The fourth-order valence-electron chi connectivity index (χ4n) is 5.49. The van der Waals surface area contributed by atoms with Crippen molar-refractivity contribution in [3.63, 3.8) is 0 Å². The van der Waals surface area contributed by atoms with Crippen LogP contribution in [0.25, 0.3) is 10.9 Å². The normalized spacial score (nSPS) is 21.5. The van der Waals surface area contributed by atoms with Gasteiger partial charge in [0.05, 0.1) is 17.2 Å². The van der Waals surface area contributed by atoms with Crippen LogP contribution in [0.1, 0.15) is 39.8 Å². The highest BCUT2D eigenvalue weighted by Crippen LogP contribution is 2.37. The van der Waals surface area contributed by atoms with Crippen LogP contribution in [0.3, 0.4) is 0 Å². The molecule has 0 saturated carbocycles. The maximum absolute atomic E-state index is 13.7. The summed E-state index contributed by atoms with van der Waals surface area (Å²) in [5, 5.41) is 1.06. The fraction of sp³-hybridized carbons (Fsp3) is 0.321. The third-order valence-corrected chi connectivity index (χ3v) is 7.85. The number of piperidine rings is 1. The molecular formula is C28H27BrN2O4. The number of benzene rings is 2. The van der Waals surface area contributed by atoms with Crippen molar-refractivity contribution in [2.24, 2.45) is 18.9 Å². The summed E-state index contributed by atoms with van der Waals surface area (Å²) in [6.45, 7) is 2.90. The van der Waals surface area contributed by atoms with Gasteiger partial charge in [-0.05, 0) is 49.2 Å². The van der Waals surface area contributed by atoms with E-state index in [1.165, 1.54) is 0 Å². The molecule has 1 amide bonds. The number of Topliss-reactive ketones (excluding diaryl/α,β-unsaturated/α-hetero) is 1. The van der Waals surface area contributed by atoms with E-state index < -0.39 is 11.9 Å². The van der Waals surface area contributed by atoms with E-state index in [0.717, 1.165) is 26.5 Å². The Balaban J connectivity index is 1.48. The Morgan fingerprint density at radius 3 is 2.63 bits per heavy atom. The van der Waals surface area contributed by atoms with Crippen LogP contribution in [0.15, 0.2) is 64.7 Å². The minimum Gasteiger partial charge on any atom is -0.461 e. The van der Waals surface area contributed by atoms with Crippen LogP contribution >= 0.6 is 15.9 Å². The summed E-state index contributed by atoms with van der Waals surface area (Å²) < 4.78 is 8.47. The van der Waals surface area contributed by atoms with E-state index in [1.807, 2.05) is 53.8 Å². The third kappa shape index (κ3) is 4.22. The van der Waals surface area contributed by atoms with Crippen LogP contribution in [-0.4, -0.2) is 46.8 Å². The van der Waals surface area contributed by atoms with Crippen molar-refractivity contribution in [1.29, 1.82) is 0 Å². The van der Waals surface area contributed by atoms with E-state index in [2.05, 4.69) is 15.9 Å². The molecule has 3 aliphatic heterocycles. The Morgan fingerprint density at radius 1 is 1.14 bits per heavy atom. The number of nitrogens with zero attached hydrogens (tertiary/aromatic N) is 2. The smallest absolute Gasteiger partial charge is 0.338 e. The van der Waals surface area contributed by atoms with Gasteiger partial charge >= 0.3 is 5.97 Å². The summed E-state index contributed by atoms with van der Waals surface area (Å²) in [4.78, 5) is 41.8. The topological polar surface area (TPSA) is 68.6 Å². The number of fused-ring (bicyclic) bond motifs is 5. The van der Waals surface area contributed by atoms with E-state index in [0.29, 0.717) is 30.8 Å². The number of carbonyl (C=O) groups excluding carboxylic acids is 3. The van der Waals surface area contributed by atoms with Gasteiger partial charge in [0.2, 0.25) is 5.91 Å². The van der Waals surface area contributed by atoms with Crippen molar-refractivity contribution in [1.82, 2.24) is 9.47 Å². The maximum Gasteiger partial charge on any atom is 0.338 e. The lowest BCUT2D eigenvalue weighted by atomic mass is 9.77. The predicted molar refractivity (Wildman–Crippen MR) is 137 cm³/mol. The minimum atomic E-state index is -0.588. The molecule has 4 heterocycles. The Bertz CT molecular complexity index is 1360. The molecule has 2 unspecified atom stereocenters. The summed E-state index contributed by atoms with van der Waals surface area (Å²) in [6, 6.07) is 14.9. The first-order valence-electron chi connectivity index (χ1n) is 11.8. The number of carbonyl (C=O) groups is 3. The van der Waals surface area contributed by atoms with Crippen molar-refractivity contribution in [3.8, 4) is 0 Å². The number of ketones is 1. The number of ether oxygens (including phenoxy) is 1. The molecule has 2 aromatic carbocycles. The number of para-hydroxylation sites is 1. The van der Waals surface area contributed by atoms with Gasteiger partial charge in [0.15, 0.2) is 5.78 Å². The molecule has 2 bridgehead atoms. The Morgan fingerprint density at radius 2 is 1.89 bits per heavy atom. The van der Waals surface area contributed by atoms with Gasteiger partial charge in [-0.3, -0.25) is 9.59 Å². The van der Waals surface area contributed by atoms with Crippen LogP contribution in [-0.2, 0) is 23.0 Å². The van der Waals surface area contributed by atoms with Gasteiger partial charge in [0.1, 0.15) is 6.61 Å². The molecule has 180 valence electrons. The molecular weight excluding hydrogens is 508 g/mol. The molecule has 1 fully saturated rings. The summed E-state index contributed by atoms with van der Waals surface area (Å²) in [7, 11) is 1.93. The lowest BCUT2D eigenvalue weighted by Crippen LogP contribution is -2.50. The molecule has 1 aromatic heterocycles. The van der Waals surface area contributed by atoms with Crippen LogP contribution in [0.4, 0.5) is 0 Å². The molecule has 0 aliphatic carbocycles. The van der Waals surface area contributed by atoms with Crippen LogP contribution in [0.5, 0.6) is 0 Å². The number of aromatic nitrogens is 1. The lowest BCUT2D eigenvalue weighted by Gasteiger charge is -2.40. The van der Waals surface area contributed by atoms with Gasteiger partial charge in [-0.2, -0.15) is 0 Å². The Labute approximate surface area is 212 Å². The van der Waals surface area contributed by atoms with Crippen molar-refractivity contribution in [3.05, 3.63) is 81.5 Å². The molecule has 35 heavy (non-hydrogen) atoms. The second-order valence-corrected chi connectivity index (χ2v) is 10.1. The monoisotopic (exact) mass is 534 g/mol. The van der Waals surface area contributed by atoms with E-state index in [4.69, 9.17) is 4.74 Å². The van der Waals surface area contributed by atoms with E-state index in [9.17, 15) is 14.4 Å². The average Bonchev–Trinajstić information content (AvgIpc) is 3.15. The first kappa shape index (κ1) is 23.5. The SMILES string of the molecule is C/C=C1/CN2CCc3c(n(C)c4ccccc34)C(=O)CC1C(COC(=O)c1ccc(Br)cc1)C2=O. The summed E-state index contributed by atoms with van der Waals surface area (Å²) >= 11 is 3.36. The van der Waals surface area contributed by atoms with E-state index in [1.54, 1.807) is 24.3 Å². The average molecular weight is 535 g/mol. The number of halogens is 1. The van der Waals surface area contributed by atoms with Gasteiger partial charge in [-0.15, -0.1) is 0 Å². The summed E-state index contributed by atoms with van der Waals surface area (Å²) in [5.74, 6) is -1.40. The first-order chi connectivity index (χ1) is 16.9. The number of hydrogen-bond donors (Lipinski definition) is 0. The molecule has 2 atom stereocenters. The molecule has 1 saturated heterocycles. The van der Waals surface area contributed by atoms with Gasteiger partial charge in [-0.25, -0.2) is 4.79 Å². The molecule has 3 aromatic rings. The largest absolute Gasteiger partial charge is 0.461 e. The first-order valence-corrected chi connectivity index (χ1v) is 12.6. The number of allylic oxidation sites excluding steroid dienone is 1. The van der Waals surface area contributed by atoms with Gasteiger partial charge in [-0.1, -0.05) is 45.8 Å². The van der Waals surface area contributed by atoms with Crippen molar-refractivity contribution < 1.29 is 19.1 Å². The van der Waals surface area contributed by atoms with Crippen LogP contribution < -0.4 is 0 Å². The standard InChI is InChI=1S/C28H27BrN2O4/c1-3-17-15-31-13-12-21-20-6-4-5-7-24(20)30(2)26(21)25(32)14-22(17)23(27(31)33)16-35-28(34)18-8-10-19(29)11-9-18/h3-11,22-23H,12-16H2,1-2H3/b17-3-. The number of esters is 1. The third-order valence-electron chi connectivity index (χ3n) is 7.32. The maximum atomic E-state index is 13.7. The Kier molecular flexibility index (Phi) is 6.36. The zero-order chi connectivity index (χ0) is 24.7. The van der Waals surface area contributed by atoms with Crippen molar-refractivity contribution >= 4 is 44.5 Å². The molecule has 7 heteroatoms. The highest BCUT2D eigenvalue weighted by atomic mass is 79.9. The van der Waals surface area contributed by atoms with Crippen molar-refractivity contribution in [2.45, 2.75) is 19.8 Å². The van der Waals surface area contributed by atoms with Crippen LogP contribution in [0, 0.1) is 11.8 Å². The zero-order valence-corrected chi connectivity index (χ0v) is 21.4. The number of rotatable bonds is 3. The zero-order valence-electron chi connectivity index (χ0n) is 19.8. The number of amides is 1. The number of aryl methyl sites for hydroxylation is 1. The van der Waals surface area contributed by atoms with E-state index >= 15 is 0 Å². The molecule has 0 spiro atoms. The predicted octanol–water partition coefficient (Wildman–Crippen LogP) is 4.95. The van der Waals surface area contributed by atoms with Crippen LogP contribution in [0.2, 0.25) is 0 Å². The fourth-order valence-corrected chi connectivity index (χ4v) is 5.76. The molecule has 3 aliphatic rings.